The first-order chi connectivity index (χ1) is 10.5. The highest BCUT2D eigenvalue weighted by Crippen LogP contribution is 2.32. The number of benzene rings is 2. The van der Waals surface area contributed by atoms with Crippen molar-refractivity contribution in [3.63, 3.8) is 0 Å². The summed E-state index contributed by atoms with van der Waals surface area (Å²) in [7, 11) is 0. The molecule has 0 bridgehead atoms. The Morgan fingerprint density at radius 2 is 1.68 bits per heavy atom. The number of halogens is 2. The minimum Gasteiger partial charge on any atom is -0.329 e. The lowest BCUT2D eigenvalue weighted by molar-refractivity contribution is 1.10. The maximum atomic E-state index is 6.15. The summed E-state index contributed by atoms with van der Waals surface area (Å²) in [5, 5.41) is 14.3. The summed E-state index contributed by atoms with van der Waals surface area (Å²) in [5.74, 6) is 0. The molecule has 0 aliphatic carbocycles. The summed E-state index contributed by atoms with van der Waals surface area (Å²) in [6, 6.07) is 11.6. The number of nitrogens with zero attached hydrogens (tertiary/aromatic N) is 2. The van der Waals surface area contributed by atoms with Crippen LogP contribution < -0.4 is 5.32 Å². The number of aryl methyl sites for hydroxylation is 2. The maximum Gasteiger partial charge on any atom is 0.210 e. The third kappa shape index (κ3) is 3.40. The monoisotopic (exact) mass is 349 g/mol. The lowest BCUT2D eigenvalue weighted by Crippen LogP contribution is -1.90. The standard InChI is InChI=1S/C16H13Cl2N3S/c1-9-5-10(2)7-11(6-9)15-20-21-16(22-15)19-14-4-3-12(17)8-13(14)18/h3-8H,1-2H3,(H,19,21). The van der Waals surface area contributed by atoms with E-state index in [2.05, 4.69) is 47.6 Å². The molecule has 1 heterocycles. The maximum absolute atomic E-state index is 6.15. The normalized spacial score (nSPS) is 10.7. The second-order valence-corrected chi connectivity index (χ2v) is 6.86. The molecule has 0 radical (unpaired) electrons. The van der Waals surface area contributed by atoms with Crippen LogP contribution in [0.2, 0.25) is 10.0 Å². The zero-order chi connectivity index (χ0) is 15.7. The van der Waals surface area contributed by atoms with Crippen molar-refractivity contribution >= 4 is 45.4 Å². The van der Waals surface area contributed by atoms with Crippen LogP contribution >= 0.6 is 34.5 Å². The molecular weight excluding hydrogens is 337 g/mol. The van der Waals surface area contributed by atoms with E-state index in [-0.39, 0.29) is 0 Å². The van der Waals surface area contributed by atoms with Gasteiger partial charge in [0.25, 0.3) is 0 Å². The van der Waals surface area contributed by atoms with E-state index in [0.29, 0.717) is 15.2 Å². The van der Waals surface area contributed by atoms with Gasteiger partial charge in [-0.1, -0.05) is 51.7 Å². The quantitative estimate of drug-likeness (QED) is 0.642. The second-order valence-electron chi connectivity index (χ2n) is 5.04. The van der Waals surface area contributed by atoms with E-state index >= 15 is 0 Å². The van der Waals surface area contributed by atoms with Crippen molar-refractivity contribution in [2.45, 2.75) is 13.8 Å². The molecule has 0 amide bonds. The Hall–Kier alpha value is -1.62. The lowest BCUT2D eigenvalue weighted by Gasteiger charge is -2.04. The van der Waals surface area contributed by atoms with Crippen LogP contribution in [0.1, 0.15) is 11.1 Å². The Bertz CT molecular complexity index is 810. The number of hydrogen-bond donors (Lipinski definition) is 1. The molecule has 2 aromatic carbocycles. The Morgan fingerprint density at radius 1 is 0.955 bits per heavy atom. The van der Waals surface area contributed by atoms with Crippen LogP contribution in [0.4, 0.5) is 10.8 Å². The summed E-state index contributed by atoms with van der Waals surface area (Å²) in [5.41, 5.74) is 4.25. The lowest BCUT2D eigenvalue weighted by atomic mass is 10.1. The van der Waals surface area contributed by atoms with Gasteiger partial charge in [-0.2, -0.15) is 0 Å². The van der Waals surface area contributed by atoms with E-state index < -0.39 is 0 Å². The summed E-state index contributed by atoms with van der Waals surface area (Å²) in [6.07, 6.45) is 0. The van der Waals surface area contributed by atoms with Crippen LogP contribution in [0.25, 0.3) is 10.6 Å². The van der Waals surface area contributed by atoms with Crippen molar-refractivity contribution in [2.75, 3.05) is 5.32 Å². The van der Waals surface area contributed by atoms with Crippen molar-refractivity contribution < 1.29 is 0 Å². The molecule has 0 aliphatic rings. The van der Waals surface area contributed by atoms with E-state index in [9.17, 15) is 0 Å². The number of aromatic nitrogens is 2. The zero-order valence-electron chi connectivity index (χ0n) is 12.0. The zero-order valence-corrected chi connectivity index (χ0v) is 14.4. The van der Waals surface area contributed by atoms with E-state index in [0.717, 1.165) is 16.3 Å². The van der Waals surface area contributed by atoms with Crippen LogP contribution in [-0.2, 0) is 0 Å². The van der Waals surface area contributed by atoms with Gasteiger partial charge < -0.3 is 5.32 Å². The van der Waals surface area contributed by atoms with Gasteiger partial charge in [0.05, 0.1) is 10.7 Å². The molecule has 3 rings (SSSR count). The highest BCUT2D eigenvalue weighted by Gasteiger charge is 2.09. The van der Waals surface area contributed by atoms with Crippen molar-refractivity contribution in [3.8, 4) is 10.6 Å². The summed E-state index contributed by atoms with van der Waals surface area (Å²) >= 11 is 13.5. The molecule has 0 fully saturated rings. The summed E-state index contributed by atoms with van der Waals surface area (Å²) in [4.78, 5) is 0. The van der Waals surface area contributed by atoms with Gasteiger partial charge in [-0.25, -0.2) is 0 Å². The van der Waals surface area contributed by atoms with Crippen LogP contribution in [0.5, 0.6) is 0 Å². The van der Waals surface area contributed by atoms with Crippen molar-refractivity contribution in [1.29, 1.82) is 0 Å². The second kappa shape index (κ2) is 6.24. The van der Waals surface area contributed by atoms with Crippen molar-refractivity contribution in [2.24, 2.45) is 0 Å². The molecule has 0 atom stereocenters. The molecule has 1 aromatic heterocycles. The van der Waals surface area contributed by atoms with Crippen molar-refractivity contribution in [3.05, 3.63) is 57.6 Å². The van der Waals surface area contributed by atoms with E-state index in [4.69, 9.17) is 23.2 Å². The van der Waals surface area contributed by atoms with Gasteiger partial charge in [0.15, 0.2) is 0 Å². The fraction of sp³-hybridized carbons (Fsp3) is 0.125. The Labute approximate surface area is 142 Å². The molecule has 0 spiro atoms. The summed E-state index contributed by atoms with van der Waals surface area (Å²) < 4.78 is 0. The van der Waals surface area contributed by atoms with Gasteiger partial charge in [0, 0.05) is 10.6 Å². The van der Waals surface area contributed by atoms with Crippen LogP contribution in [0.3, 0.4) is 0 Å². The molecule has 112 valence electrons. The molecule has 1 N–H and O–H groups in total. The van der Waals surface area contributed by atoms with Gasteiger partial charge in [0.1, 0.15) is 5.01 Å². The topological polar surface area (TPSA) is 37.8 Å². The van der Waals surface area contributed by atoms with Crippen molar-refractivity contribution in [1.82, 2.24) is 10.2 Å². The highest BCUT2D eigenvalue weighted by molar-refractivity contribution is 7.18. The first-order valence-corrected chi connectivity index (χ1v) is 8.23. The molecule has 3 nitrogen and oxygen atoms in total. The molecule has 6 heteroatoms. The van der Waals surface area contributed by atoms with Crippen LogP contribution in [-0.4, -0.2) is 10.2 Å². The average Bonchev–Trinajstić information content (AvgIpc) is 2.89. The first kappa shape index (κ1) is 15.3. The molecule has 22 heavy (non-hydrogen) atoms. The Balaban J connectivity index is 1.87. The predicted octanol–water partition coefficient (Wildman–Crippen LogP) is 5.87. The number of rotatable bonds is 3. The summed E-state index contributed by atoms with van der Waals surface area (Å²) in [6.45, 7) is 4.15. The van der Waals surface area contributed by atoms with Gasteiger partial charge in [-0.15, -0.1) is 10.2 Å². The van der Waals surface area contributed by atoms with Gasteiger partial charge in [0.2, 0.25) is 5.13 Å². The number of anilines is 2. The van der Waals surface area contributed by atoms with Crippen LogP contribution in [0.15, 0.2) is 36.4 Å². The molecule has 0 saturated heterocycles. The predicted molar refractivity (Wildman–Crippen MR) is 94.6 cm³/mol. The minimum absolute atomic E-state index is 0.552. The SMILES string of the molecule is Cc1cc(C)cc(-c2nnc(Nc3ccc(Cl)cc3Cl)s2)c1. The molecule has 0 aliphatic heterocycles. The molecular formula is C16H13Cl2N3S. The van der Waals surface area contributed by atoms with Gasteiger partial charge >= 0.3 is 0 Å². The first-order valence-electron chi connectivity index (χ1n) is 6.65. The fourth-order valence-corrected chi connectivity index (χ4v) is 3.39. The van der Waals surface area contributed by atoms with E-state index in [1.807, 2.05) is 6.07 Å². The van der Waals surface area contributed by atoms with E-state index in [1.165, 1.54) is 22.5 Å². The van der Waals surface area contributed by atoms with Crippen LogP contribution in [0, 0.1) is 13.8 Å². The molecule has 3 aromatic rings. The minimum atomic E-state index is 0.552. The Kier molecular flexibility index (Phi) is 4.34. The van der Waals surface area contributed by atoms with Gasteiger partial charge in [-0.3, -0.25) is 0 Å². The van der Waals surface area contributed by atoms with E-state index in [1.54, 1.807) is 12.1 Å². The number of nitrogens with one attached hydrogen (secondary N) is 1. The number of hydrogen-bond acceptors (Lipinski definition) is 4. The third-order valence-corrected chi connectivity index (χ3v) is 4.50. The Morgan fingerprint density at radius 3 is 2.36 bits per heavy atom. The smallest absolute Gasteiger partial charge is 0.210 e. The molecule has 0 saturated carbocycles. The van der Waals surface area contributed by atoms with Gasteiger partial charge in [-0.05, 0) is 44.2 Å². The fourth-order valence-electron chi connectivity index (χ4n) is 2.19. The average molecular weight is 350 g/mol. The molecule has 0 unspecified atom stereocenters. The third-order valence-electron chi connectivity index (χ3n) is 3.07. The highest BCUT2D eigenvalue weighted by atomic mass is 35.5. The largest absolute Gasteiger partial charge is 0.329 e.